The van der Waals surface area contributed by atoms with Gasteiger partial charge in [-0.2, -0.15) is 4.98 Å². The first-order valence-corrected chi connectivity index (χ1v) is 8.74. The van der Waals surface area contributed by atoms with Gasteiger partial charge < -0.3 is 9.52 Å². The van der Waals surface area contributed by atoms with Crippen LogP contribution < -0.4 is 0 Å². The van der Waals surface area contributed by atoms with Gasteiger partial charge in [0.1, 0.15) is 11.5 Å². The first-order chi connectivity index (χ1) is 11.6. The van der Waals surface area contributed by atoms with Crippen molar-refractivity contribution >= 4 is 29.3 Å². The number of imidazole rings is 1. The molecular formula is C16H14ClN3O3S. The van der Waals surface area contributed by atoms with E-state index in [-0.39, 0.29) is 12.8 Å². The fourth-order valence-corrected chi connectivity index (χ4v) is 2.88. The average molecular weight is 364 g/mol. The Morgan fingerprint density at radius 2 is 2.12 bits per heavy atom. The first-order valence-electron chi connectivity index (χ1n) is 7.13. The van der Waals surface area contributed by atoms with Crippen molar-refractivity contribution in [3.8, 4) is 17.3 Å². The van der Waals surface area contributed by atoms with Crippen molar-refractivity contribution in [2.24, 2.45) is 0 Å². The summed E-state index contributed by atoms with van der Waals surface area (Å²) in [5.74, 6) is -0.363. The summed E-state index contributed by atoms with van der Waals surface area (Å²) >= 11 is 7.40. The van der Waals surface area contributed by atoms with Crippen molar-refractivity contribution in [2.75, 3.05) is 6.26 Å². The number of thioether (sulfide) groups is 1. The molecule has 0 aliphatic rings. The Hall–Kier alpha value is -2.25. The van der Waals surface area contributed by atoms with Gasteiger partial charge in [-0.3, -0.25) is 4.79 Å². The van der Waals surface area contributed by atoms with Crippen molar-refractivity contribution in [1.82, 2.24) is 14.5 Å². The molecule has 3 rings (SSSR count). The molecule has 1 aromatic carbocycles. The van der Waals surface area contributed by atoms with Gasteiger partial charge in [-0.1, -0.05) is 35.5 Å². The van der Waals surface area contributed by atoms with E-state index in [4.69, 9.17) is 21.1 Å². The zero-order chi connectivity index (χ0) is 17.1. The molecule has 3 aromatic rings. The largest absolute Gasteiger partial charge is 0.481 e. The maximum atomic E-state index is 10.9. The summed E-state index contributed by atoms with van der Waals surface area (Å²) in [6.07, 6.45) is 5.55. The van der Waals surface area contributed by atoms with Gasteiger partial charge in [0.15, 0.2) is 5.16 Å². The Kier molecular flexibility index (Phi) is 4.92. The molecule has 0 radical (unpaired) electrons. The highest BCUT2D eigenvalue weighted by atomic mass is 35.5. The molecule has 0 aliphatic carbocycles. The molecule has 0 aliphatic heterocycles. The summed E-state index contributed by atoms with van der Waals surface area (Å²) in [6, 6.07) is 7.55. The van der Waals surface area contributed by atoms with Crippen LogP contribution in [-0.4, -0.2) is 31.9 Å². The zero-order valence-electron chi connectivity index (χ0n) is 12.8. The molecule has 8 heteroatoms. The number of nitrogens with zero attached hydrogens (tertiary/aromatic N) is 3. The van der Waals surface area contributed by atoms with Gasteiger partial charge in [0, 0.05) is 29.4 Å². The van der Waals surface area contributed by atoms with Crippen LogP contribution in [0.3, 0.4) is 0 Å². The number of carbonyl (C=O) groups is 1. The molecule has 0 fully saturated rings. The normalized spacial score (nSPS) is 10.9. The van der Waals surface area contributed by atoms with E-state index in [9.17, 15) is 4.79 Å². The van der Waals surface area contributed by atoms with E-state index in [0.29, 0.717) is 22.5 Å². The predicted molar refractivity (Wildman–Crippen MR) is 91.8 cm³/mol. The molecule has 0 bridgehead atoms. The molecule has 2 heterocycles. The van der Waals surface area contributed by atoms with Crippen LogP contribution >= 0.6 is 23.4 Å². The minimum Gasteiger partial charge on any atom is -0.481 e. The average Bonchev–Trinajstić information content (AvgIpc) is 3.19. The van der Waals surface area contributed by atoms with E-state index in [1.807, 2.05) is 18.4 Å². The number of carboxylic acids is 1. The van der Waals surface area contributed by atoms with E-state index < -0.39 is 5.97 Å². The second kappa shape index (κ2) is 7.11. The summed E-state index contributed by atoms with van der Waals surface area (Å²) in [5.41, 5.74) is 1.43. The molecule has 2 aromatic heterocycles. The molecular weight excluding hydrogens is 350 g/mol. The minimum atomic E-state index is -0.887. The van der Waals surface area contributed by atoms with E-state index in [1.54, 1.807) is 29.1 Å². The van der Waals surface area contributed by atoms with Crippen molar-refractivity contribution in [3.05, 3.63) is 47.4 Å². The molecule has 1 N–H and O–H groups in total. The smallest absolute Gasteiger partial charge is 0.308 e. The van der Waals surface area contributed by atoms with E-state index >= 15 is 0 Å². The van der Waals surface area contributed by atoms with Gasteiger partial charge >= 0.3 is 12.0 Å². The van der Waals surface area contributed by atoms with Crippen LogP contribution in [0, 0.1) is 0 Å². The van der Waals surface area contributed by atoms with E-state index in [1.165, 1.54) is 11.8 Å². The van der Waals surface area contributed by atoms with Crippen LogP contribution in [0.2, 0.25) is 5.02 Å². The maximum Gasteiger partial charge on any atom is 0.308 e. The van der Waals surface area contributed by atoms with E-state index in [0.717, 1.165) is 10.7 Å². The number of aryl methyl sites for hydroxylation is 1. The molecule has 0 atom stereocenters. The highest BCUT2D eigenvalue weighted by Gasteiger charge is 2.18. The summed E-state index contributed by atoms with van der Waals surface area (Å²) in [7, 11) is 0. The number of aliphatic carboxylic acids is 1. The van der Waals surface area contributed by atoms with Gasteiger partial charge in [0.2, 0.25) is 0 Å². The lowest BCUT2D eigenvalue weighted by Gasteiger charge is -2.00. The Balaban J connectivity index is 2.05. The van der Waals surface area contributed by atoms with Crippen molar-refractivity contribution in [2.45, 2.75) is 18.0 Å². The van der Waals surface area contributed by atoms with Gasteiger partial charge in [-0.15, -0.1) is 0 Å². The van der Waals surface area contributed by atoms with E-state index in [2.05, 4.69) is 9.97 Å². The van der Waals surface area contributed by atoms with Gasteiger partial charge in [0.25, 0.3) is 0 Å². The second-order valence-electron chi connectivity index (χ2n) is 4.95. The third kappa shape index (κ3) is 3.47. The molecule has 6 nitrogen and oxygen atoms in total. The Morgan fingerprint density at radius 1 is 1.38 bits per heavy atom. The molecule has 0 saturated heterocycles. The third-order valence-electron chi connectivity index (χ3n) is 3.37. The van der Waals surface area contributed by atoms with Gasteiger partial charge in [-0.25, -0.2) is 9.55 Å². The number of benzene rings is 1. The SMILES string of the molecule is CSc1nccn1-c1nc(-c2ccc(Cl)cc2)c(CCC(=O)O)o1. The van der Waals surface area contributed by atoms with Crippen LogP contribution in [0.1, 0.15) is 12.2 Å². The summed E-state index contributed by atoms with van der Waals surface area (Å²) in [4.78, 5) is 19.7. The number of aromatic nitrogens is 3. The lowest BCUT2D eigenvalue weighted by atomic mass is 10.1. The number of halogens is 1. The Labute approximate surface area is 147 Å². The number of rotatable bonds is 6. The zero-order valence-corrected chi connectivity index (χ0v) is 14.3. The molecule has 0 saturated carbocycles. The second-order valence-corrected chi connectivity index (χ2v) is 6.16. The lowest BCUT2D eigenvalue weighted by Crippen LogP contribution is -1.97. The molecule has 0 amide bonds. The monoisotopic (exact) mass is 363 g/mol. The number of hydrogen-bond acceptors (Lipinski definition) is 5. The quantitative estimate of drug-likeness (QED) is 0.668. The van der Waals surface area contributed by atoms with Crippen LogP contribution in [0.15, 0.2) is 46.2 Å². The summed E-state index contributed by atoms with van der Waals surface area (Å²) in [5, 5.41) is 10.3. The molecule has 0 unspecified atom stereocenters. The summed E-state index contributed by atoms with van der Waals surface area (Å²) < 4.78 is 7.57. The number of hydrogen-bond donors (Lipinski definition) is 1. The minimum absolute atomic E-state index is 0.0332. The maximum absolute atomic E-state index is 10.9. The van der Waals surface area contributed by atoms with Crippen LogP contribution in [0.4, 0.5) is 0 Å². The Bertz CT molecular complexity index is 858. The standard InChI is InChI=1S/C16H14ClN3O3S/c1-24-16-18-8-9-20(16)15-19-14(10-2-4-11(17)5-3-10)12(23-15)6-7-13(21)22/h2-5,8-9H,6-7H2,1H3,(H,21,22). The highest BCUT2D eigenvalue weighted by molar-refractivity contribution is 7.98. The highest BCUT2D eigenvalue weighted by Crippen LogP contribution is 2.29. The van der Waals surface area contributed by atoms with Crippen LogP contribution in [0.5, 0.6) is 0 Å². The topological polar surface area (TPSA) is 81.2 Å². The van der Waals surface area contributed by atoms with Gasteiger partial charge in [0.05, 0.1) is 6.42 Å². The molecule has 124 valence electrons. The fourth-order valence-electron chi connectivity index (χ4n) is 2.25. The van der Waals surface area contributed by atoms with Crippen molar-refractivity contribution < 1.29 is 14.3 Å². The van der Waals surface area contributed by atoms with Gasteiger partial charge in [-0.05, 0) is 18.4 Å². The molecule has 0 spiro atoms. The number of carboxylic acid groups (broad SMARTS) is 1. The van der Waals surface area contributed by atoms with Crippen molar-refractivity contribution in [3.63, 3.8) is 0 Å². The third-order valence-corrected chi connectivity index (χ3v) is 4.28. The van der Waals surface area contributed by atoms with Crippen molar-refractivity contribution in [1.29, 1.82) is 0 Å². The summed E-state index contributed by atoms with van der Waals surface area (Å²) in [6.45, 7) is 0. The van der Waals surface area contributed by atoms with Crippen LogP contribution in [0.25, 0.3) is 17.3 Å². The lowest BCUT2D eigenvalue weighted by molar-refractivity contribution is -0.137. The number of oxazole rings is 1. The Morgan fingerprint density at radius 3 is 2.79 bits per heavy atom. The fraction of sp³-hybridized carbons (Fsp3) is 0.188. The first kappa shape index (κ1) is 16.6. The molecule has 24 heavy (non-hydrogen) atoms. The predicted octanol–water partition coefficient (Wildman–Crippen LogP) is 3.92. The van der Waals surface area contributed by atoms with Crippen LogP contribution in [-0.2, 0) is 11.2 Å².